The van der Waals surface area contributed by atoms with E-state index in [9.17, 15) is 9.59 Å². The van der Waals surface area contributed by atoms with Gasteiger partial charge in [0.1, 0.15) is 5.54 Å². The van der Waals surface area contributed by atoms with E-state index in [-0.39, 0.29) is 22.5 Å². The molecule has 0 aliphatic heterocycles. The summed E-state index contributed by atoms with van der Waals surface area (Å²) < 4.78 is 0. The number of anilines is 2. The highest BCUT2D eigenvalue weighted by Gasteiger charge is 2.30. The third kappa shape index (κ3) is 2.77. The molecule has 0 aliphatic rings. The van der Waals surface area contributed by atoms with Gasteiger partial charge in [-0.15, -0.1) is 0 Å². The number of hydrogen-bond donors (Lipinski definition) is 4. The molecular weight excluding hydrogens is 262 g/mol. The van der Waals surface area contributed by atoms with E-state index < -0.39 is 17.4 Å². The van der Waals surface area contributed by atoms with Crippen LogP contribution in [0.15, 0.2) is 0 Å². The predicted octanol–water partition coefficient (Wildman–Crippen LogP) is -0.113. The number of aliphatic carboxylic acids is 1. The fourth-order valence-corrected chi connectivity index (χ4v) is 1.13. The van der Waals surface area contributed by atoms with Gasteiger partial charge in [-0.05, 0) is 13.8 Å². The molecule has 18 heavy (non-hydrogen) atoms. The van der Waals surface area contributed by atoms with Crippen molar-refractivity contribution in [3.63, 3.8) is 0 Å². The summed E-state index contributed by atoms with van der Waals surface area (Å²) in [5.74, 6) is -2.34. The van der Waals surface area contributed by atoms with Crippen molar-refractivity contribution in [3.8, 4) is 0 Å². The number of rotatable bonds is 3. The number of carboxylic acid groups (broad SMARTS) is 1. The summed E-state index contributed by atoms with van der Waals surface area (Å²) in [7, 11) is 0. The molecule has 98 valence electrons. The second-order valence-electron chi connectivity index (χ2n) is 4.02. The van der Waals surface area contributed by atoms with Crippen molar-refractivity contribution >= 4 is 35.1 Å². The highest BCUT2D eigenvalue weighted by Crippen LogP contribution is 2.17. The van der Waals surface area contributed by atoms with Crippen molar-refractivity contribution in [1.29, 1.82) is 0 Å². The van der Waals surface area contributed by atoms with Gasteiger partial charge in [-0.25, -0.2) is 14.8 Å². The van der Waals surface area contributed by atoms with Gasteiger partial charge < -0.3 is 21.9 Å². The van der Waals surface area contributed by atoms with Crippen LogP contribution < -0.4 is 16.8 Å². The zero-order valence-corrected chi connectivity index (χ0v) is 10.4. The molecule has 1 aromatic rings. The number of aromatic nitrogens is 2. The molecule has 1 heterocycles. The Hall–Kier alpha value is -2.09. The number of halogens is 1. The van der Waals surface area contributed by atoms with Crippen molar-refractivity contribution < 1.29 is 14.7 Å². The van der Waals surface area contributed by atoms with Crippen molar-refractivity contribution in [1.82, 2.24) is 15.3 Å². The van der Waals surface area contributed by atoms with E-state index >= 15 is 0 Å². The summed E-state index contributed by atoms with van der Waals surface area (Å²) in [5.41, 5.74) is 9.07. The maximum atomic E-state index is 11.8. The summed E-state index contributed by atoms with van der Waals surface area (Å²) in [4.78, 5) is 29.9. The van der Waals surface area contributed by atoms with E-state index in [1.807, 2.05) is 0 Å². The van der Waals surface area contributed by atoms with Crippen LogP contribution >= 0.6 is 11.6 Å². The maximum absolute atomic E-state index is 11.8. The number of nitrogens with zero attached hydrogens (tertiary/aromatic N) is 2. The van der Waals surface area contributed by atoms with Crippen molar-refractivity contribution in [2.24, 2.45) is 0 Å². The first kappa shape index (κ1) is 14.0. The normalized spacial score (nSPS) is 11.1. The molecule has 0 unspecified atom stereocenters. The van der Waals surface area contributed by atoms with E-state index in [0.29, 0.717) is 0 Å². The Labute approximate surface area is 107 Å². The second-order valence-corrected chi connectivity index (χ2v) is 4.38. The minimum Gasteiger partial charge on any atom is -0.480 e. The van der Waals surface area contributed by atoms with E-state index in [0.717, 1.165) is 0 Å². The summed E-state index contributed by atoms with van der Waals surface area (Å²) in [6.07, 6.45) is 0. The molecule has 6 N–H and O–H groups in total. The van der Waals surface area contributed by atoms with Crippen LogP contribution in [0.1, 0.15) is 24.3 Å². The summed E-state index contributed by atoms with van der Waals surface area (Å²) >= 11 is 5.61. The lowest BCUT2D eigenvalue weighted by Crippen LogP contribution is -2.50. The van der Waals surface area contributed by atoms with Gasteiger partial charge in [0, 0.05) is 0 Å². The zero-order chi connectivity index (χ0) is 14.1. The lowest BCUT2D eigenvalue weighted by molar-refractivity contribution is -0.143. The summed E-state index contributed by atoms with van der Waals surface area (Å²) in [6, 6.07) is 0. The molecule has 0 radical (unpaired) electrons. The Balaban J connectivity index is 3.06. The van der Waals surface area contributed by atoms with Crippen LogP contribution in [0.5, 0.6) is 0 Å². The molecule has 0 bridgehead atoms. The summed E-state index contributed by atoms with van der Waals surface area (Å²) in [5, 5.41) is 10.9. The molecule has 9 heteroatoms. The van der Waals surface area contributed by atoms with Crippen LogP contribution in [0.4, 0.5) is 11.6 Å². The Morgan fingerprint density at radius 2 is 1.83 bits per heavy atom. The van der Waals surface area contributed by atoms with Gasteiger partial charge in [-0.3, -0.25) is 4.79 Å². The average molecular weight is 274 g/mol. The third-order valence-electron chi connectivity index (χ3n) is 2.08. The molecule has 0 saturated carbocycles. The van der Waals surface area contributed by atoms with Gasteiger partial charge in [-0.2, -0.15) is 0 Å². The number of nitrogens with two attached hydrogens (primary N) is 2. The van der Waals surface area contributed by atoms with Gasteiger partial charge >= 0.3 is 5.97 Å². The van der Waals surface area contributed by atoms with Crippen LogP contribution in [0, 0.1) is 0 Å². The average Bonchev–Trinajstić information content (AvgIpc) is 2.22. The Morgan fingerprint density at radius 1 is 1.28 bits per heavy atom. The SMILES string of the molecule is CC(C)(NC(=O)c1nc(Cl)c(N)nc1N)C(=O)O. The van der Waals surface area contributed by atoms with E-state index in [2.05, 4.69) is 15.3 Å². The molecule has 1 amide bonds. The molecule has 0 aromatic carbocycles. The van der Waals surface area contributed by atoms with Crippen LogP contribution in [0.3, 0.4) is 0 Å². The number of carbonyl (C=O) groups is 2. The molecule has 0 fully saturated rings. The minimum atomic E-state index is -1.47. The quantitative estimate of drug-likeness (QED) is 0.601. The van der Waals surface area contributed by atoms with Crippen molar-refractivity contribution in [3.05, 3.63) is 10.8 Å². The van der Waals surface area contributed by atoms with Crippen LogP contribution in [-0.4, -0.2) is 32.5 Å². The summed E-state index contributed by atoms with van der Waals surface area (Å²) in [6.45, 7) is 2.63. The van der Waals surface area contributed by atoms with E-state index in [1.165, 1.54) is 13.8 Å². The van der Waals surface area contributed by atoms with Gasteiger partial charge in [0.15, 0.2) is 22.5 Å². The third-order valence-corrected chi connectivity index (χ3v) is 2.36. The molecular formula is C9H12ClN5O3. The first-order valence-electron chi connectivity index (χ1n) is 4.79. The van der Waals surface area contributed by atoms with Crippen molar-refractivity contribution in [2.75, 3.05) is 11.5 Å². The monoisotopic (exact) mass is 273 g/mol. The predicted molar refractivity (Wildman–Crippen MR) is 65.0 cm³/mol. The number of hydrogen-bond acceptors (Lipinski definition) is 6. The molecule has 8 nitrogen and oxygen atoms in total. The van der Waals surface area contributed by atoms with Crippen LogP contribution in [-0.2, 0) is 4.79 Å². The molecule has 1 rings (SSSR count). The molecule has 1 aromatic heterocycles. The topological polar surface area (TPSA) is 144 Å². The fraction of sp³-hybridized carbons (Fsp3) is 0.333. The molecule has 0 aliphatic carbocycles. The lowest BCUT2D eigenvalue weighted by Gasteiger charge is -2.20. The minimum absolute atomic E-state index is 0.108. The Kier molecular flexibility index (Phi) is 3.61. The number of amides is 1. The fourth-order valence-electron chi connectivity index (χ4n) is 1.01. The maximum Gasteiger partial charge on any atom is 0.328 e. The zero-order valence-electron chi connectivity index (χ0n) is 9.69. The van der Waals surface area contributed by atoms with Crippen LogP contribution in [0.2, 0.25) is 5.15 Å². The Morgan fingerprint density at radius 3 is 2.33 bits per heavy atom. The number of nitrogen functional groups attached to an aromatic ring is 2. The first-order chi connectivity index (χ1) is 8.15. The van der Waals surface area contributed by atoms with E-state index in [1.54, 1.807) is 0 Å². The van der Waals surface area contributed by atoms with E-state index in [4.69, 9.17) is 28.2 Å². The Bertz CT molecular complexity index is 517. The van der Waals surface area contributed by atoms with Gasteiger partial charge in [0.25, 0.3) is 5.91 Å². The van der Waals surface area contributed by atoms with Gasteiger partial charge in [0.05, 0.1) is 0 Å². The van der Waals surface area contributed by atoms with Crippen molar-refractivity contribution in [2.45, 2.75) is 19.4 Å². The smallest absolute Gasteiger partial charge is 0.328 e. The largest absolute Gasteiger partial charge is 0.480 e. The number of carbonyl (C=O) groups excluding carboxylic acids is 1. The highest BCUT2D eigenvalue weighted by molar-refractivity contribution is 6.31. The number of nitrogens with one attached hydrogen (secondary N) is 1. The standard InChI is InChI=1S/C9H12ClN5O3/c1-9(2,8(17)18)15-7(16)3-5(11)14-6(12)4(10)13-3/h1-2H3,(H,15,16)(H,17,18)(H4,11,12,14). The lowest BCUT2D eigenvalue weighted by atomic mass is 10.1. The van der Waals surface area contributed by atoms with Gasteiger partial charge in [-0.1, -0.05) is 11.6 Å². The van der Waals surface area contributed by atoms with Gasteiger partial charge in [0.2, 0.25) is 0 Å². The number of carboxylic acids is 1. The van der Waals surface area contributed by atoms with Crippen LogP contribution in [0.25, 0.3) is 0 Å². The first-order valence-corrected chi connectivity index (χ1v) is 5.17. The molecule has 0 saturated heterocycles. The highest BCUT2D eigenvalue weighted by atomic mass is 35.5. The molecule has 0 atom stereocenters. The second kappa shape index (κ2) is 4.65. The molecule has 0 spiro atoms.